The van der Waals surface area contributed by atoms with Gasteiger partial charge in [0.15, 0.2) is 0 Å². The number of rotatable bonds is 6. The normalized spacial score (nSPS) is 17.4. The van der Waals surface area contributed by atoms with E-state index in [4.69, 9.17) is 14.0 Å². The van der Waals surface area contributed by atoms with Crippen molar-refractivity contribution in [3.8, 4) is 17.2 Å². The molecule has 1 aliphatic carbocycles. The van der Waals surface area contributed by atoms with Gasteiger partial charge >= 0.3 is 13.2 Å². The van der Waals surface area contributed by atoms with Crippen LogP contribution in [0.3, 0.4) is 0 Å². The third kappa shape index (κ3) is 4.85. The van der Waals surface area contributed by atoms with Gasteiger partial charge < -0.3 is 19.4 Å². The predicted molar refractivity (Wildman–Crippen MR) is 148 cm³/mol. The first-order valence-corrected chi connectivity index (χ1v) is 12.8. The van der Waals surface area contributed by atoms with E-state index < -0.39 is 24.4 Å². The maximum absolute atomic E-state index is 12.9. The molecule has 5 rings (SSSR count). The highest BCUT2D eigenvalue weighted by atomic mass is 16.7. The summed E-state index contributed by atoms with van der Waals surface area (Å²) in [4.78, 5) is 12.9. The fraction of sp³-hybridized carbons (Fsp3) is 0.290. The number of ether oxygens (including phenoxy) is 1. The van der Waals surface area contributed by atoms with Crippen LogP contribution in [-0.4, -0.2) is 37.6 Å². The minimum absolute atomic E-state index is 0.0197. The van der Waals surface area contributed by atoms with Crippen molar-refractivity contribution in [2.45, 2.75) is 44.8 Å². The minimum Gasteiger partial charge on any atom is -0.449 e. The molecule has 3 aromatic carbocycles. The van der Waals surface area contributed by atoms with E-state index in [9.17, 15) is 10.1 Å². The number of carbonyl (C=O) groups excluding carboxylic acids is 1. The number of nitriles is 1. The summed E-state index contributed by atoms with van der Waals surface area (Å²) in [5.74, 6) is -0.0197. The second-order valence-electron chi connectivity index (χ2n) is 10.7. The highest BCUT2D eigenvalue weighted by Gasteiger charge is 2.52. The van der Waals surface area contributed by atoms with E-state index >= 15 is 0 Å². The molecule has 38 heavy (non-hydrogen) atoms. The van der Waals surface area contributed by atoms with Gasteiger partial charge in [-0.1, -0.05) is 72.8 Å². The van der Waals surface area contributed by atoms with Crippen molar-refractivity contribution in [2.24, 2.45) is 0 Å². The molecular formula is C31H31BN2O4. The molecule has 0 aromatic heterocycles. The van der Waals surface area contributed by atoms with E-state index in [-0.39, 0.29) is 19.1 Å². The van der Waals surface area contributed by atoms with Gasteiger partial charge in [0.25, 0.3) is 0 Å². The molecule has 1 fully saturated rings. The molecule has 1 aliphatic heterocycles. The van der Waals surface area contributed by atoms with E-state index in [1.54, 1.807) is 6.07 Å². The standard InChI is InChI=1S/C31H31BN2O4/c1-30(2)31(3,4)38-32(37-30)23(17-21-11-5-6-12-22(21)18-33)19-34-29(35)36-20-28-26-15-9-7-13-24(26)25-14-8-10-16-27(25)28/h5-17,28H,19-20H2,1-4H3,(H,34,35). The lowest BCUT2D eigenvalue weighted by molar-refractivity contribution is 0.00578. The molecule has 2 aliphatic rings. The Kier molecular flexibility index (Phi) is 6.87. The second kappa shape index (κ2) is 10.1. The van der Waals surface area contributed by atoms with Crippen molar-refractivity contribution in [1.29, 1.82) is 5.26 Å². The fourth-order valence-electron chi connectivity index (χ4n) is 4.94. The molecule has 1 heterocycles. The van der Waals surface area contributed by atoms with Gasteiger partial charge in [0, 0.05) is 12.5 Å². The van der Waals surface area contributed by atoms with Crippen LogP contribution in [0.15, 0.2) is 78.3 Å². The van der Waals surface area contributed by atoms with Crippen molar-refractivity contribution in [3.05, 3.63) is 101 Å². The van der Waals surface area contributed by atoms with Crippen LogP contribution >= 0.6 is 0 Å². The monoisotopic (exact) mass is 506 g/mol. The molecule has 1 amide bonds. The van der Waals surface area contributed by atoms with Gasteiger partial charge in [0.05, 0.1) is 22.8 Å². The Bertz CT molecular complexity index is 1380. The van der Waals surface area contributed by atoms with Crippen molar-refractivity contribution in [3.63, 3.8) is 0 Å². The van der Waals surface area contributed by atoms with Crippen molar-refractivity contribution >= 4 is 19.3 Å². The average Bonchev–Trinajstić information content (AvgIpc) is 3.34. The minimum atomic E-state index is -0.680. The second-order valence-corrected chi connectivity index (χ2v) is 10.7. The number of amides is 1. The number of fused-ring (bicyclic) bond motifs is 3. The van der Waals surface area contributed by atoms with Crippen LogP contribution in [0.25, 0.3) is 17.2 Å². The largest absolute Gasteiger partial charge is 0.492 e. The summed E-state index contributed by atoms with van der Waals surface area (Å²) < 4.78 is 18.2. The Labute approximate surface area is 224 Å². The predicted octanol–water partition coefficient (Wildman–Crippen LogP) is 6.11. The quantitative estimate of drug-likeness (QED) is 0.408. The lowest BCUT2D eigenvalue weighted by Gasteiger charge is -2.32. The number of benzene rings is 3. The van der Waals surface area contributed by atoms with Crippen LogP contribution in [0.1, 0.15) is 55.9 Å². The van der Waals surface area contributed by atoms with E-state index in [0.29, 0.717) is 11.0 Å². The van der Waals surface area contributed by atoms with Gasteiger partial charge in [0.2, 0.25) is 0 Å². The number of hydrogen-bond donors (Lipinski definition) is 1. The summed E-state index contributed by atoms with van der Waals surface area (Å²) in [5.41, 5.74) is 5.54. The smallest absolute Gasteiger partial charge is 0.449 e. The molecule has 7 heteroatoms. The van der Waals surface area contributed by atoms with Gasteiger partial charge in [-0.3, -0.25) is 0 Å². The van der Waals surface area contributed by atoms with Crippen molar-refractivity contribution in [2.75, 3.05) is 13.2 Å². The first-order valence-electron chi connectivity index (χ1n) is 12.8. The number of nitrogens with zero attached hydrogens (tertiary/aromatic N) is 1. The van der Waals surface area contributed by atoms with Gasteiger partial charge in [0.1, 0.15) is 6.61 Å². The van der Waals surface area contributed by atoms with Crippen LogP contribution < -0.4 is 5.32 Å². The van der Waals surface area contributed by atoms with E-state index in [0.717, 1.165) is 16.7 Å². The molecule has 0 bridgehead atoms. The fourth-order valence-corrected chi connectivity index (χ4v) is 4.94. The van der Waals surface area contributed by atoms with E-state index in [1.165, 1.54) is 11.1 Å². The molecule has 192 valence electrons. The molecular weight excluding hydrogens is 475 g/mol. The van der Waals surface area contributed by atoms with Gasteiger partial charge in [-0.15, -0.1) is 0 Å². The Balaban J connectivity index is 1.31. The molecule has 6 nitrogen and oxygen atoms in total. The SMILES string of the molecule is CC1(C)OB(C(=Cc2ccccc2C#N)CNC(=O)OCC2c3ccccc3-c3ccccc32)OC1(C)C. The van der Waals surface area contributed by atoms with E-state index in [2.05, 4.69) is 35.7 Å². The third-order valence-corrected chi connectivity index (χ3v) is 7.76. The van der Waals surface area contributed by atoms with Gasteiger partial charge in [-0.05, 0) is 67.1 Å². The van der Waals surface area contributed by atoms with Gasteiger partial charge in [-0.25, -0.2) is 4.79 Å². The zero-order valence-electron chi connectivity index (χ0n) is 22.2. The lowest BCUT2D eigenvalue weighted by atomic mass is 9.76. The Morgan fingerprint density at radius 3 is 2.11 bits per heavy atom. The summed E-state index contributed by atoms with van der Waals surface area (Å²) in [6, 6.07) is 26.0. The van der Waals surface area contributed by atoms with Crippen LogP contribution in [-0.2, 0) is 14.0 Å². The van der Waals surface area contributed by atoms with Crippen molar-refractivity contribution in [1.82, 2.24) is 5.32 Å². The van der Waals surface area contributed by atoms with Crippen LogP contribution in [0, 0.1) is 11.3 Å². The Hall–Kier alpha value is -3.86. The summed E-state index contributed by atoms with van der Waals surface area (Å²) in [6.07, 6.45) is 1.33. The molecule has 0 unspecified atom stereocenters. The summed E-state index contributed by atoms with van der Waals surface area (Å²) >= 11 is 0. The Morgan fingerprint density at radius 2 is 1.50 bits per heavy atom. The molecule has 0 spiro atoms. The molecule has 0 radical (unpaired) electrons. The maximum Gasteiger partial charge on any atom is 0.492 e. The number of carbonyl (C=O) groups is 1. The zero-order valence-corrected chi connectivity index (χ0v) is 22.2. The first-order chi connectivity index (χ1) is 18.2. The molecule has 1 saturated heterocycles. The highest BCUT2D eigenvalue weighted by Crippen LogP contribution is 2.44. The molecule has 1 N–H and O–H groups in total. The molecule has 3 aromatic rings. The summed E-state index contributed by atoms with van der Waals surface area (Å²) in [7, 11) is -0.680. The maximum atomic E-state index is 12.9. The van der Waals surface area contributed by atoms with Crippen molar-refractivity contribution < 1.29 is 18.8 Å². The van der Waals surface area contributed by atoms with Crippen LogP contribution in [0.4, 0.5) is 4.79 Å². The number of nitrogens with one attached hydrogen (secondary N) is 1. The molecule has 0 atom stereocenters. The van der Waals surface area contributed by atoms with Gasteiger partial charge in [-0.2, -0.15) is 5.26 Å². The highest BCUT2D eigenvalue weighted by molar-refractivity contribution is 6.56. The van der Waals surface area contributed by atoms with Crippen LogP contribution in [0.5, 0.6) is 0 Å². The summed E-state index contributed by atoms with van der Waals surface area (Å²) in [6.45, 7) is 8.29. The Morgan fingerprint density at radius 1 is 0.947 bits per heavy atom. The van der Waals surface area contributed by atoms with E-state index in [1.807, 2.05) is 76.2 Å². The molecule has 0 saturated carbocycles. The summed E-state index contributed by atoms with van der Waals surface area (Å²) in [5, 5.41) is 12.4. The number of hydrogen-bond acceptors (Lipinski definition) is 5. The third-order valence-electron chi connectivity index (χ3n) is 7.76. The average molecular weight is 506 g/mol. The first kappa shape index (κ1) is 25.8. The number of alkyl carbamates (subject to hydrolysis) is 1. The topological polar surface area (TPSA) is 80.6 Å². The lowest BCUT2D eigenvalue weighted by Crippen LogP contribution is -2.41. The van der Waals surface area contributed by atoms with Crippen LogP contribution in [0.2, 0.25) is 0 Å². The zero-order chi connectivity index (χ0) is 26.9.